The number of hydrazone groups is 1. The quantitative estimate of drug-likeness (QED) is 0.473. The van der Waals surface area contributed by atoms with Crippen LogP contribution in [0.15, 0.2) is 23.3 Å². The number of aryl methyl sites for hydroxylation is 1. The third kappa shape index (κ3) is 4.98. The number of rotatable bonds is 7. The van der Waals surface area contributed by atoms with Gasteiger partial charge in [0.25, 0.3) is 11.6 Å². The van der Waals surface area contributed by atoms with Gasteiger partial charge >= 0.3 is 0 Å². The van der Waals surface area contributed by atoms with Crippen LogP contribution in [0.3, 0.4) is 0 Å². The van der Waals surface area contributed by atoms with Crippen LogP contribution < -0.4 is 5.43 Å². The number of nitro benzene ring substituents is 1. The van der Waals surface area contributed by atoms with Crippen molar-refractivity contribution >= 4 is 17.3 Å². The maximum atomic E-state index is 12.0. The van der Waals surface area contributed by atoms with Crippen LogP contribution in [0.25, 0.3) is 0 Å². The molecule has 0 unspecified atom stereocenters. The highest BCUT2D eigenvalue weighted by molar-refractivity contribution is 5.96. The Morgan fingerprint density at radius 3 is 2.43 bits per heavy atom. The zero-order chi connectivity index (χ0) is 15.8. The molecule has 6 heteroatoms. The molecule has 0 heterocycles. The number of hydrogen-bond acceptors (Lipinski definition) is 4. The highest BCUT2D eigenvalue weighted by Crippen LogP contribution is 2.19. The van der Waals surface area contributed by atoms with E-state index < -0.39 is 10.8 Å². The third-order valence-electron chi connectivity index (χ3n) is 3.06. The summed E-state index contributed by atoms with van der Waals surface area (Å²) < 4.78 is 0. The van der Waals surface area contributed by atoms with Crippen LogP contribution in [0.2, 0.25) is 0 Å². The van der Waals surface area contributed by atoms with E-state index in [2.05, 4.69) is 24.4 Å². The molecule has 0 saturated heterocycles. The largest absolute Gasteiger partial charge is 0.273 e. The number of benzene rings is 1. The van der Waals surface area contributed by atoms with Crippen LogP contribution in [0.5, 0.6) is 0 Å². The summed E-state index contributed by atoms with van der Waals surface area (Å²) in [6, 6.07) is 4.40. The molecule has 0 spiro atoms. The fraction of sp³-hybridized carbons (Fsp3) is 0.467. The van der Waals surface area contributed by atoms with Gasteiger partial charge in [0, 0.05) is 22.9 Å². The van der Waals surface area contributed by atoms with Gasteiger partial charge in [-0.3, -0.25) is 14.9 Å². The molecule has 114 valence electrons. The normalized spacial score (nSPS) is 10.0. The van der Waals surface area contributed by atoms with Crippen molar-refractivity contribution in [2.75, 3.05) is 0 Å². The van der Waals surface area contributed by atoms with Gasteiger partial charge in [0.2, 0.25) is 0 Å². The van der Waals surface area contributed by atoms with Gasteiger partial charge in [0.1, 0.15) is 0 Å². The van der Waals surface area contributed by atoms with E-state index in [1.165, 1.54) is 6.07 Å². The highest BCUT2D eigenvalue weighted by Gasteiger charge is 2.14. The zero-order valence-corrected chi connectivity index (χ0v) is 12.7. The number of carbonyl (C=O) groups is 1. The Balaban J connectivity index is 2.86. The van der Waals surface area contributed by atoms with Crippen LogP contribution in [-0.4, -0.2) is 16.5 Å². The molecule has 0 aliphatic rings. The van der Waals surface area contributed by atoms with Crippen LogP contribution in [0.1, 0.15) is 55.5 Å². The van der Waals surface area contributed by atoms with E-state index in [4.69, 9.17) is 0 Å². The minimum absolute atomic E-state index is 0.0611. The maximum Gasteiger partial charge on any atom is 0.273 e. The number of amides is 1. The monoisotopic (exact) mass is 291 g/mol. The minimum atomic E-state index is -0.491. The molecule has 0 fully saturated rings. The molecule has 21 heavy (non-hydrogen) atoms. The maximum absolute atomic E-state index is 12.0. The second-order valence-corrected chi connectivity index (χ2v) is 4.88. The summed E-state index contributed by atoms with van der Waals surface area (Å²) in [5, 5.41) is 15.0. The zero-order valence-electron chi connectivity index (χ0n) is 12.7. The first kappa shape index (κ1) is 16.8. The fourth-order valence-electron chi connectivity index (χ4n) is 1.96. The summed E-state index contributed by atoms with van der Waals surface area (Å²) in [6.07, 6.45) is 3.60. The molecule has 1 aromatic rings. The van der Waals surface area contributed by atoms with E-state index in [1.54, 1.807) is 19.1 Å². The Bertz CT molecular complexity index is 545. The standard InChI is InChI=1S/C15H21N3O3/c1-4-6-13(7-5-2)16-17-15(19)12-9-8-11(3)14(10-12)18(20)21/h8-10H,4-7H2,1-3H3,(H,17,19). The van der Waals surface area contributed by atoms with Gasteiger partial charge in [-0.05, 0) is 25.8 Å². The van der Waals surface area contributed by atoms with Crippen molar-refractivity contribution in [2.45, 2.75) is 46.5 Å². The Hall–Kier alpha value is -2.24. The highest BCUT2D eigenvalue weighted by atomic mass is 16.6. The Kier molecular flexibility index (Phi) is 6.52. The van der Waals surface area contributed by atoms with Crippen LogP contribution >= 0.6 is 0 Å². The Labute approximate surface area is 124 Å². The van der Waals surface area contributed by atoms with Gasteiger partial charge in [-0.25, -0.2) is 5.43 Å². The average Bonchev–Trinajstić information content (AvgIpc) is 2.45. The van der Waals surface area contributed by atoms with Gasteiger partial charge in [-0.1, -0.05) is 32.8 Å². The van der Waals surface area contributed by atoms with Crippen molar-refractivity contribution in [2.24, 2.45) is 5.10 Å². The van der Waals surface area contributed by atoms with Crippen molar-refractivity contribution in [3.8, 4) is 0 Å². The topological polar surface area (TPSA) is 84.6 Å². The molecular weight excluding hydrogens is 270 g/mol. The van der Waals surface area contributed by atoms with Gasteiger partial charge < -0.3 is 0 Å². The van der Waals surface area contributed by atoms with Crippen LogP contribution in [0, 0.1) is 17.0 Å². The van der Waals surface area contributed by atoms with Crippen molar-refractivity contribution in [1.82, 2.24) is 5.43 Å². The molecule has 6 nitrogen and oxygen atoms in total. The number of nitro groups is 1. The van der Waals surface area contributed by atoms with Crippen LogP contribution in [0.4, 0.5) is 5.69 Å². The lowest BCUT2D eigenvalue weighted by Crippen LogP contribution is -2.20. The number of nitrogens with one attached hydrogen (secondary N) is 1. The summed E-state index contributed by atoms with van der Waals surface area (Å²) in [5.74, 6) is -0.428. The molecular formula is C15H21N3O3. The van der Waals surface area contributed by atoms with Gasteiger partial charge in [0.15, 0.2) is 0 Å². The fourth-order valence-corrected chi connectivity index (χ4v) is 1.96. The summed E-state index contributed by atoms with van der Waals surface area (Å²) in [4.78, 5) is 22.4. The first-order valence-electron chi connectivity index (χ1n) is 7.10. The lowest BCUT2D eigenvalue weighted by molar-refractivity contribution is -0.385. The Morgan fingerprint density at radius 1 is 1.29 bits per heavy atom. The second kappa shape index (κ2) is 8.14. The molecule has 1 N–H and O–H groups in total. The van der Waals surface area contributed by atoms with Gasteiger partial charge in [0.05, 0.1) is 4.92 Å². The van der Waals surface area contributed by atoms with Crippen molar-refractivity contribution in [3.63, 3.8) is 0 Å². The molecule has 0 saturated carbocycles. The molecule has 0 aromatic heterocycles. The van der Waals surface area contributed by atoms with Gasteiger partial charge in [-0.15, -0.1) is 0 Å². The van der Waals surface area contributed by atoms with E-state index in [0.29, 0.717) is 5.56 Å². The van der Waals surface area contributed by atoms with E-state index in [9.17, 15) is 14.9 Å². The summed E-state index contributed by atoms with van der Waals surface area (Å²) in [7, 11) is 0. The molecule has 0 bridgehead atoms. The number of nitrogens with zero attached hydrogens (tertiary/aromatic N) is 2. The van der Waals surface area contributed by atoms with E-state index >= 15 is 0 Å². The molecule has 0 atom stereocenters. The second-order valence-electron chi connectivity index (χ2n) is 4.88. The van der Waals surface area contributed by atoms with E-state index in [1.807, 2.05) is 0 Å². The molecule has 0 radical (unpaired) electrons. The predicted molar refractivity (Wildman–Crippen MR) is 82.6 cm³/mol. The summed E-state index contributed by atoms with van der Waals surface area (Å²) in [6.45, 7) is 5.74. The molecule has 0 aliphatic heterocycles. The Morgan fingerprint density at radius 2 is 1.90 bits per heavy atom. The minimum Gasteiger partial charge on any atom is -0.267 e. The smallest absolute Gasteiger partial charge is 0.267 e. The van der Waals surface area contributed by atoms with E-state index in [0.717, 1.165) is 31.4 Å². The lowest BCUT2D eigenvalue weighted by Gasteiger charge is -2.05. The SMILES string of the molecule is CCCC(CCC)=NNC(=O)c1ccc(C)c([N+](=O)[O-])c1. The first-order chi connectivity index (χ1) is 9.99. The molecule has 0 aliphatic carbocycles. The average molecular weight is 291 g/mol. The van der Waals surface area contributed by atoms with Crippen molar-refractivity contribution in [3.05, 3.63) is 39.4 Å². The number of hydrogen-bond donors (Lipinski definition) is 1. The van der Waals surface area contributed by atoms with E-state index in [-0.39, 0.29) is 11.3 Å². The van der Waals surface area contributed by atoms with Crippen LogP contribution in [-0.2, 0) is 0 Å². The predicted octanol–water partition coefficient (Wildman–Crippen LogP) is 3.59. The molecule has 1 aromatic carbocycles. The summed E-state index contributed by atoms with van der Waals surface area (Å²) >= 11 is 0. The first-order valence-corrected chi connectivity index (χ1v) is 7.10. The van der Waals surface area contributed by atoms with Gasteiger partial charge in [-0.2, -0.15) is 5.10 Å². The summed E-state index contributed by atoms with van der Waals surface area (Å²) in [5.41, 5.74) is 4.12. The molecule has 1 amide bonds. The third-order valence-corrected chi connectivity index (χ3v) is 3.06. The molecule has 1 rings (SSSR count). The van der Waals surface area contributed by atoms with Crippen molar-refractivity contribution < 1.29 is 9.72 Å². The number of carbonyl (C=O) groups excluding carboxylic acids is 1. The van der Waals surface area contributed by atoms with Crippen molar-refractivity contribution in [1.29, 1.82) is 0 Å². The lowest BCUT2D eigenvalue weighted by atomic mass is 10.1.